The van der Waals surface area contributed by atoms with Crippen molar-refractivity contribution in [1.29, 1.82) is 0 Å². The first-order valence-corrected chi connectivity index (χ1v) is 5.45. The van der Waals surface area contributed by atoms with Crippen LogP contribution in [0, 0.1) is 5.92 Å². The number of oxazole rings is 1. The van der Waals surface area contributed by atoms with Crippen LogP contribution in [0.1, 0.15) is 26.0 Å². The van der Waals surface area contributed by atoms with Crippen LogP contribution in [0.2, 0.25) is 0 Å². The van der Waals surface area contributed by atoms with Gasteiger partial charge in [-0.25, -0.2) is 4.98 Å². The molecule has 16 heavy (non-hydrogen) atoms. The van der Waals surface area contributed by atoms with Crippen LogP contribution in [0.15, 0.2) is 17.0 Å². The number of nitrogens with zero attached hydrogens (tertiary/aromatic N) is 1. The standard InChI is InChI=1S/C11H19N3O2/c1-8(2)4-10(11(15)12-3)14-6-9-5-13-7-16-9/h5,7-8,10,14H,4,6H2,1-3H3,(H,12,15). The first kappa shape index (κ1) is 12.7. The van der Waals surface area contributed by atoms with E-state index in [1.807, 2.05) is 0 Å². The van der Waals surface area contributed by atoms with Gasteiger partial charge in [-0.3, -0.25) is 10.1 Å². The predicted octanol–water partition coefficient (Wildman–Crippen LogP) is 0.925. The Hall–Kier alpha value is -1.36. The highest BCUT2D eigenvalue weighted by molar-refractivity contribution is 5.81. The fourth-order valence-electron chi connectivity index (χ4n) is 1.48. The number of rotatable bonds is 6. The Morgan fingerprint density at radius 1 is 1.56 bits per heavy atom. The summed E-state index contributed by atoms with van der Waals surface area (Å²) >= 11 is 0. The van der Waals surface area contributed by atoms with E-state index >= 15 is 0 Å². The van der Waals surface area contributed by atoms with Crippen molar-refractivity contribution in [3.63, 3.8) is 0 Å². The lowest BCUT2D eigenvalue weighted by Gasteiger charge is -2.18. The Morgan fingerprint density at radius 3 is 2.81 bits per heavy atom. The minimum atomic E-state index is -0.185. The molecule has 0 aromatic carbocycles. The Labute approximate surface area is 95.6 Å². The van der Waals surface area contributed by atoms with E-state index in [0.717, 1.165) is 12.2 Å². The minimum absolute atomic E-state index is 0.00761. The summed E-state index contributed by atoms with van der Waals surface area (Å²) < 4.78 is 5.10. The first-order chi connectivity index (χ1) is 7.63. The van der Waals surface area contributed by atoms with E-state index in [2.05, 4.69) is 29.5 Å². The van der Waals surface area contributed by atoms with Crippen LogP contribution in [-0.2, 0) is 11.3 Å². The largest absolute Gasteiger partial charge is 0.447 e. The third-order valence-electron chi connectivity index (χ3n) is 2.28. The zero-order chi connectivity index (χ0) is 12.0. The summed E-state index contributed by atoms with van der Waals surface area (Å²) in [6.45, 7) is 4.70. The Balaban J connectivity index is 2.46. The maximum Gasteiger partial charge on any atom is 0.236 e. The molecule has 1 heterocycles. The molecule has 2 N–H and O–H groups in total. The summed E-state index contributed by atoms with van der Waals surface area (Å²) in [5, 5.41) is 5.81. The molecule has 0 saturated carbocycles. The van der Waals surface area contributed by atoms with Crippen molar-refractivity contribution in [2.75, 3.05) is 7.05 Å². The Bertz CT molecular complexity index is 309. The van der Waals surface area contributed by atoms with E-state index in [-0.39, 0.29) is 11.9 Å². The number of carbonyl (C=O) groups is 1. The summed E-state index contributed by atoms with van der Waals surface area (Å²) in [4.78, 5) is 15.4. The topological polar surface area (TPSA) is 67.2 Å². The molecule has 1 rings (SSSR count). The molecule has 1 aromatic heterocycles. The highest BCUT2D eigenvalue weighted by atomic mass is 16.3. The number of amides is 1. The van der Waals surface area contributed by atoms with Gasteiger partial charge in [0.25, 0.3) is 0 Å². The number of likely N-dealkylation sites (N-methyl/N-ethyl adjacent to an activating group) is 1. The Morgan fingerprint density at radius 2 is 2.31 bits per heavy atom. The molecule has 1 unspecified atom stereocenters. The van der Waals surface area contributed by atoms with Gasteiger partial charge in [-0.15, -0.1) is 0 Å². The van der Waals surface area contributed by atoms with E-state index < -0.39 is 0 Å². The molecule has 90 valence electrons. The van der Waals surface area contributed by atoms with Crippen molar-refractivity contribution in [2.24, 2.45) is 5.92 Å². The van der Waals surface area contributed by atoms with Crippen molar-refractivity contribution in [3.05, 3.63) is 18.4 Å². The van der Waals surface area contributed by atoms with E-state index in [0.29, 0.717) is 12.5 Å². The van der Waals surface area contributed by atoms with Crippen molar-refractivity contribution in [1.82, 2.24) is 15.6 Å². The average molecular weight is 225 g/mol. The number of aromatic nitrogens is 1. The normalized spacial score (nSPS) is 12.8. The molecule has 0 bridgehead atoms. The number of hydrogen-bond donors (Lipinski definition) is 2. The lowest BCUT2D eigenvalue weighted by molar-refractivity contribution is -0.123. The minimum Gasteiger partial charge on any atom is -0.447 e. The van der Waals surface area contributed by atoms with Gasteiger partial charge in [0.05, 0.1) is 18.8 Å². The summed E-state index contributed by atoms with van der Waals surface area (Å²) in [5.41, 5.74) is 0. The van der Waals surface area contributed by atoms with Gasteiger partial charge in [-0.05, 0) is 12.3 Å². The van der Waals surface area contributed by atoms with Gasteiger partial charge >= 0.3 is 0 Å². The van der Waals surface area contributed by atoms with Gasteiger partial charge in [-0.1, -0.05) is 13.8 Å². The number of carbonyl (C=O) groups excluding carboxylic acids is 1. The van der Waals surface area contributed by atoms with Crippen LogP contribution in [0.5, 0.6) is 0 Å². The number of nitrogens with one attached hydrogen (secondary N) is 2. The molecule has 0 fully saturated rings. The van der Waals surface area contributed by atoms with Crippen molar-refractivity contribution >= 4 is 5.91 Å². The van der Waals surface area contributed by atoms with Gasteiger partial charge in [0.2, 0.25) is 5.91 Å². The second-order valence-corrected chi connectivity index (χ2v) is 4.15. The molecule has 5 heteroatoms. The second-order valence-electron chi connectivity index (χ2n) is 4.15. The molecule has 0 aliphatic heterocycles. The summed E-state index contributed by atoms with van der Waals surface area (Å²) in [6.07, 6.45) is 3.82. The smallest absolute Gasteiger partial charge is 0.236 e. The maximum absolute atomic E-state index is 11.6. The highest BCUT2D eigenvalue weighted by Gasteiger charge is 2.18. The summed E-state index contributed by atoms with van der Waals surface area (Å²) in [6, 6.07) is -0.185. The lowest BCUT2D eigenvalue weighted by Crippen LogP contribution is -2.43. The monoisotopic (exact) mass is 225 g/mol. The quantitative estimate of drug-likeness (QED) is 0.755. The molecule has 0 spiro atoms. The molecule has 0 aliphatic rings. The van der Waals surface area contributed by atoms with E-state index in [1.54, 1.807) is 13.2 Å². The van der Waals surface area contributed by atoms with Gasteiger partial charge in [0.15, 0.2) is 6.39 Å². The molecule has 0 saturated heterocycles. The van der Waals surface area contributed by atoms with Crippen LogP contribution in [0.25, 0.3) is 0 Å². The third kappa shape index (κ3) is 4.02. The second kappa shape index (κ2) is 6.27. The van der Waals surface area contributed by atoms with Crippen molar-refractivity contribution < 1.29 is 9.21 Å². The molecular formula is C11H19N3O2. The van der Waals surface area contributed by atoms with Crippen LogP contribution in [-0.4, -0.2) is 24.0 Å². The molecule has 0 aliphatic carbocycles. The van der Waals surface area contributed by atoms with Gasteiger partial charge in [0, 0.05) is 7.05 Å². The summed E-state index contributed by atoms with van der Waals surface area (Å²) in [5.74, 6) is 1.20. The molecule has 1 aromatic rings. The third-order valence-corrected chi connectivity index (χ3v) is 2.28. The first-order valence-electron chi connectivity index (χ1n) is 5.45. The molecule has 0 radical (unpaired) electrons. The molecule has 1 atom stereocenters. The van der Waals surface area contributed by atoms with Gasteiger partial charge in [0.1, 0.15) is 5.76 Å². The van der Waals surface area contributed by atoms with Crippen LogP contribution in [0.4, 0.5) is 0 Å². The molecule has 1 amide bonds. The highest BCUT2D eigenvalue weighted by Crippen LogP contribution is 2.06. The van der Waals surface area contributed by atoms with Gasteiger partial charge < -0.3 is 9.73 Å². The van der Waals surface area contributed by atoms with Crippen LogP contribution < -0.4 is 10.6 Å². The summed E-state index contributed by atoms with van der Waals surface area (Å²) in [7, 11) is 1.64. The zero-order valence-corrected chi connectivity index (χ0v) is 9.99. The molecular weight excluding hydrogens is 206 g/mol. The molecule has 5 nitrogen and oxygen atoms in total. The van der Waals surface area contributed by atoms with E-state index in [1.165, 1.54) is 6.39 Å². The predicted molar refractivity (Wildman–Crippen MR) is 60.7 cm³/mol. The van der Waals surface area contributed by atoms with Crippen molar-refractivity contribution in [2.45, 2.75) is 32.9 Å². The fraction of sp³-hybridized carbons (Fsp3) is 0.636. The number of hydrogen-bond acceptors (Lipinski definition) is 4. The van der Waals surface area contributed by atoms with Gasteiger partial charge in [-0.2, -0.15) is 0 Å². The van der Waals surface area contributed by atoms with E-state index in [4.69, 9.17) is 4.42 Å². The Kier molecular flexibility index (Phi) is 4.98. The lowest BCUT2D eigenvalue weighted by atomic mass is 10.0. The van der Waals surface area contributed by atoms with Crippen molar-refractivity contribution in [3.8, 4) is 0 Å². The van der Waals surface area contributed by atoms with Crippen LogP contribution >= 0.6 is 0 Å². The average Bonchev–Trinajstić information content (AvgIpc) is 2.75. The zero-order valence-electron chi connectivity index (χ0n) is 9.99. The van der Waals surface area contributed by atoms with E-state index in [9.17, 15) is 4.79 Å². The maximum atomic E-state index is 11.6. The van der Waals surface area contributed by atoms with Crippen LogP contribution in [0.3, 0.4) is 0 Å². The SMILES string of the molecule is CNC(=O)C(CC(C)C)NCc1cnco1. The fourth-order valence-corrected chi connectivity index (χ4v) is 1.48.